The zero-order valence-corrected chi connectivity index (χ0v) is 12.4. The van der Waals surface area contributed by atoms with Gasteiger partial charge in [-0.1, -0.05) is 12.8 Å². The number of hydrogen-bond donors (Lipinski definition) is 2. The number of anilines is 1. The van der Waals surface area contributed by atoms with E-state index in [4.69, 9.17) is 5.73 Å². The average molecular weight is 280 g/mol. The van der Waals surface area contributed by atoms with Crippen LogP contribution in [0.25, 0.3) is 0 Å². The van der Waals surface area contributed by atoms with Gasteiger partial charge >= 0.3 is 0 Å². The van der Waals surface area contributed by atoms with Crippen LogP contribution in [0.1, 0.15) is 49.8 Å². The summed E-state index contributed by atoms with van der Waals surface area (Å²) in [5, 5.41) is 9.36. The maximum atomic E-state index is 13.8. The summed E-state index contributed by atoms with van der Waals surface area (Å²) >= 11 is 0. The molecule has 0 radical (unpaired) electrons. The number of nitrogens with zero attached hydrogens (tertiary/aromatic N) is 1. The second-order valence-corrected chi connectivity index (χ2v) is 5.80. The van der Waals surface area contributed by atoms with Gasteiger partial charge in [-0.25, -0.2) is 4.39 Å². The first-order valence-corrected chi connectivity index (χ1v) is 7.47. The van der Waals surface area contributed by atoms with Gasteiger partial charge in [-0.15, -0.1) is 0 Å². The Balaban J connectivity index is 2.42. The minimum Gasteiger partial charge on any atom is -0.395 e. The van der Waals surface area contributed by atoms with Gasteiger partial charge in [-0.3, -0.25) is 0 Å². The van der Waals surface area contributed by atoms with Gasteiger partial charge in [0.2, 0.25) is 0 Å². The van der Waals surface area contributed by atoms with Gasteiger partial charge in [0.15, 0.2) is 0 Å². The zero-order chi connectivity index (χ0) is 14.7. The highest BCUT2D eigenvalue weighted by molar-refractivity contribution is 5.58. The molecule has 1 saturated carbocycles. The lowest BCUT2D eigenvalue weighted by atomic mass is 10.0. The zero-order valence-electron chi connectivity index (χ0n) is 12.4. The van der Waals surface area contributed by atoms with Crippen molar-refractivity contribution in [2.45, 2.75) is 51.6 Å². The Kier molecular flexibility index (Phi) is 5.00. The van der Waals surface area contributed by atoms with Gasteiger partial charge in [0, 0.05) is 24.3 Å². The first-order valence-electron chi connectivity index (χ1n) is 7.47. The molecule has 0 unspecified atom stereocenters. The van der Waals surface area contributed by atoms with E-state index in [2.05, 4.69) is 4.90 Å². The van der Waals surface area contributed by atoms with Crippen molar-refractivity contribution in [3.05, 3.63) is 29.1 Å². The Hall–Kier alpha value is -1.13. The van der Waals surface area contributed by atoms with Crippen LogP contribution in [-0.4, -0.2) is 24.3 Å². The number of aliphatic hydroxyl groups excluding tert-OH is 1. The van der Waals surface area contributed by atoms with Crippen LogP contribution in [0.2, 0.25) is 0 Å². The van der Waals surface area contributed by atoms with E-state index in [1.807, 2.05) is 13.0 Å². The molecule has 20 heavy (non-hydrogen) atoms. The van der Waals surface area contributed by atoms with Gasteiger partial charge < -0.3 is 15.7 Å². The largest absolute Gasteiger partial charge is 0.395 e. The molecule has 1 aliphatic carbocycles. The molecule has 0 bridgehead atoms. The standard InChI is InChI=1S/C16H25FN2O/c1-11-9-16(14(12(2)18)10-15(11)17)19(7-8-20)13-5-3-4-6-13/h9-10,12-13,20H,3-8,18H2,1-2H3/t12-/m0/s1. The number of aliphatic hydroxyl groups is 1. The first-order chi connectivity index (χ1) is 9.54. The quantitative estimate of drug-likeness (QED) is 0.872. The van der Waals surface area contributed by atoms with Gasteiger partial charge in [0.1, 0.15) is 5.82 Å². The van der Waals surface area contributed by atoms with Crippen molar-refractivity contribution in [1.29, 1.82) is 0 Å². The second kappa shape index (κ2) is 6.55. The molecule has 1 aliphatic rings. The normalized spacial score (nSPS) is 17.4. The van der Waals surface area contributed by atoms with E-state index in [1.54, 1.807) is 13.0 Å². The highest BCUT2D eigenvalue weighted by Crippen LogP contribution is 2.34. The van der Waals surface area contributed by atoms with Crippen LogP contribution in [0.3, 0.4) is 0 Å². The number of rotatable bonds is 5. The molecular formula is C16H25FN2O. The number of benzene rings is 1. The number of hydrogen-bond acceptors (Lipinski definition) is 3. The molecule has 112 valence electrons. The maximum absolute atomic E-state index is 13.8. The number of halogens is 1. The third-order valence-electron chi connectivity index (χ3n) is 4.21. The van der Waals surface area contributed by atoms with E-state index in [9.17, 15) is 9.50 Å². The van der Waals surface area contributed by atoms with Gasteiger partial charge in [-0.2, -0.15) is 0 Å². The third-order valence-corrected chi connectivity index (χ3v) is 4.21. The van der Waals surface area contributed by atoms with Crippen molar-refractivity contribution in [2.75, 3.05) is 18.1 Å². The Bertz CT molecular complexity index is 456. The minimum absolute atomic E-state index is 0.102. The van der Waals surface area contributed by atoms with Gasteiger partial charge in [-0.05, 0) is 49.9 Å². The Morgan fingerprint density at radius 1 is 1.40 bits per heavy atom. The lowest BCUT2D eigenvalue weighted by Crippen LogP contribution is -2.37. The Morgan fingerprint density at radius 3 is 2.60 bits per heavy atom. The molecule has 3 N–H and O–H groups in total. The van der Waals surface area contributed by atoms with Crippen molar-refractivity contribution in [3.8, 4) is 0 Å². The van der Waals surface area contributed by atoms with Crippen molar-refractivity contribution in [2.24, 2.45) is 5.73 Å². The molecular weight excluding hydrogens is 255 g/mol. The molecule has 0 amide bonds. The summed E-state index contributed by atoms with van der Waals surface area (Å²) in [4.78, 5) is 2.22. The third kappa shape index (κ3) is 3.13. The summed E-state index contributed by atoms with van der Waals surface area (Å²) in [7, 11) is 0. The average Bonchev–Trinajstić information content (AvgIpc) is 2.92. The molecule has 1 aromatic carbocycles. The molecule has 4 heteroatoms. The van der Waals surface area contributed by atoms with E-state index >= 15 is 0 Å². The lowest BCUT2D eigenvalue weighted by molar-refractivity contribution is 0.297. The van der Waals surface area contributed by atoms with Crippen LogP contribution in [-0.2, 0) is 0 Å². The van der Waals surface area contributed by atoms with E-state index in [0.717, 1.165) is 24.1 Å². The molecule has 1 aromatic rings. The molecule has 0 spiro atoms. The van der Waals surface area contributed by atoms with Crippen LogP contribution in [0.15, 0.2) is 12.1 Å². The van der Waals surface area contributed by atoms with E-state index in [0.29, 0.717) is 18.2 Å². The molecule has 0 aliphatic heterocycles. The highest BCUT2D eigenvalue weighted by Gasteiger charge is 2.25. The van der Waals surface area contributed by atoms with Crippen LogP contribution >= 0.6 is 0 Å². The fraction of sp³-hybridized carbons (Fsp3) is 0.625. The van der Waals surface area contributed by atoms with E-state index in [-0.39, 0.29) is 18.5 Å². The number of nitrogens with two attached hydrogens (primary N) is 1. The second-order valence-electron chi connectivity index (χ2n) is 5.80. The number of aryl methyl sites for hydroxylation is 1. The topological polar surface area (TPSA) is 49.5 Å². The monoisotopic (exact) mass is 280 g/mol. The highest BCUT2D eigenvalue weighted by atomic mass is 19.1. The predicted octanol–water partition coefficient (Wildman–Crippen LogP) is 2.90. The van der Waals surface area contributed by atoms with E-state index < -0.39 is 0 Å². The summed E-state index contributed by atoms with van der Waals surface area (Å²) in [6.45, 7) is 4.33. The summed E-state index contributed by atoms with van der Waals surface area (Å²) < 4.78 is 13.8. The summed E-state index contributed by atoms with van der Waals surface area (Å²) in [5.41, 5.74) is 8.45. The van der Waals surface area contributed by atoms with Gasteiger partial charge in [0.25, 0.3) is 0 Å². The molecule has 0 saturated heterocycles. The van der Waals surface area contributed by atoms with Gasteiger partial charge in [0.05, 0.1) is 6.61 Å². The predicted molar refractivity (Wildman–Crippen MR) is 80.4 cm³/mol. The van der Waals surface area contributed by atoms with Crippen LogP contribution in [0.4, 0.5) is 10.1 Å². The molecule has 0 aromatic heterocycles. The summed E-state index contributed by atoms with van der Waals surface area (Å²) in [5.74, 6) is -0.212. The molecule has 0 heterocycles. The van der Waals surface area contributed by atoms with Crippen LogP contribution < -0.4 is 10.6 Å². The van der Waals surface area contributed by atoms with Crippen molar-refractivity contribution in [3.63, 3.8) is 0 Å². The summed E-state index contributed by atoms with van der Waals surface area (Å²) in [6, 6.07) is 3.64. The van der Waals surface area contributed by atoms with Crippen molar-refractivity contribution >= 4 is 5.69 Å². The fourth-order valence-corrected chi connectivity index (χ4v) is 3.12. The minimum atomic E-state index is -0.220. The molecule has 3 nitrogen and oxygen atoms in total. The molecule has 1 atom stereocenters. The SMILES string of the molecule is Cc1cc(N(CCO)C2CCCC2)c([C@H](C)N)cc1F. The van der Waals surface area contributed by atoms with Crippen LogP contribution in [0.5, 0.6) is 0 Å². The summed E-state index contributed by atoms with van der Waals surface area (Å²) in [6.07, 6.45) is 4.71. The fourth-order valence-electron chi connectivity index (χ4n) is 3.12. The first kappa shape index (κ1) is 15.3. The molecule has 1 fully saturated rings. The molecule has 2 rings (SSSR count). The van der Waals surface area contributed by atoms with Crippen LogP contribution in [0, 0.1) is 12.7 Å². The smallest absolute Gasteiger partial charge is 0.126 e. The Morgan fingerprint density at radius 2 is 2.05 bits per heavy atom. The Labute approximate surface area is 120 Å². The lowest BCUT2D eigenvalue weighted by Gasteiger charge is -2.33. The maximum Gasteiger partial charge on any atom is 0.126 e. The van der Waals surface area contributed by atoms with Crippen molar-refractivity contribution < 1.29 is 9.50 Å². The van der Waals surface area contributed by atoms with E-state index in [1.165, 1.54) is 12.8 Å². The van der Waals surface area contributed by atoms with Crippen molar-refractivity contribution in [1.82, 2.24) is 0 Å².